The topological polar surface area (TPSA) is 66.5 Å². The molecule has 5 nitrogen and oxygen atoms in total. The van der Waals surface area contributed by atoms with E-state index in [0.29, 0.717) is 19.4 Å². The Morgan fingerprint density at radius 2 is 1.78 bits per heavy atom. The first-order valence-corrected chi connectivity index (χ1v) is 12.5. The van der Waals surface area contributed by atoms with Crippen molar-refractivity contribution in [2.75, 3.05) is 19.3 Å². The van der Waals surface area contributed by atoms with E-state index in [1.165, 1.54) is 23.1 Å². The molecule has 1 amide bonds. The smallest absolute Gasteiger partial charge is 0.229 e. The average molecular weight is 467 g/mol. The molecule has 0 spiro atoms. The Balaban J connectivity index is 1.59. The lowest BCUT2D eigenvalue weighted by Gasteiger charge is -2.25. The zero-order valence-corrected chi connectivity index (χ0v) is 18.5. The maximum absolute atomic E-state index is 16.0. The number of carbonyl (C=O) groups is 1. The standard InChI is InChI=1S/C23H25F3N2O3S/c1-32(30,31)27-15-7-4-5-12-28(14-15)22(29)18-13-23(18,26)17-9-3-2-8-16(17)21-19(24)10-6-11-20(21)25/h2-3,6,8-11,15,18,27H,4-5,7,12-14H2,1H3/t15-,18-,23+/m0/s1. The van der Waals surface area contributed by atoms with Gasteiger partial charge in [0.2, 0.25) is 15.9 Å². The summed E-state index contributed by atoms with van der Waals surface area (Å²) in [6.45, 7) is 0.582. The number of alkyl halides is 1. The second-order valence-electron chi connectivity index (χ2n) is 8.63. The molecule has 4 rings (SSSR count). The lowest BCUT2D eigenvalue weighted by atomic mass is 9.93. The van der Waals surface area contributed by atoms with Crippen LogP contribution >= 0.6 is 0 Å². The highest BCUT2D eigenvalue weighted by atomic mass is 32.2. The van der Waals surface area contributed by atoms with Crippen molar-refractivity contribution in [3.8, 4) is 11.1 Å². The summed E-state index contributed by atoms with van der Waals surface area (Å²) in [5, 5.41) is 0. The number of sulfonamides is 1. The Bertz CT molecular complexity index is 1120. The molecule has 1 heterocycles. The number of benzene rings is 2. The highest BCUT2D eigenvalue weighted by Crippen LogP contribution is 2.58. The average Bonchev–Trinajstić information content (AvgIpc) is 3.45. The Labute approximate surface area is 185 Å². The molecule has 0 bridgehead atoms. The number of rotatable bonds is 5. The second kappa shape index (κ2) is 8.51. The van der Waals surface area contributed by atoms with Gasteiger partial charge in [0.15, 0.2) is 0 Å². The highest BCUT2D eigenvalue weighted by molar-refractivity contribution is 7.88. The van der Waals surface area contributed by atoms with E-state index in [4.69, 9.17) is 0 Å². The first-order chi connectivity index (χ1) is 15.1. The van der Waals surface area contributed by atoms with Gasteiger partial charge in [-0.3, -0.25) is 4.79 Å². The van der Waals surface area contributed by atoms with E-state index < -0.39 is 45.2 Å². The van der Waals surface area contributed by atoms with Crippen LogP contribution in [0.3, 0.4) is 0 Å². The molecule has 1 N–H and O–H groups in total. The maximum atomic E-state index is 16.0. The summed E-state index contributed by atoms with van der Waals surface area (Å²) in [5.74, 6) is -2.98. The van der Waals surface area contributed by atoms with E-state index in [2.05, 4.69) is 4.72 Å². The van der Waals surface area contributed by atoms with E-state index in [-0.39, 0.29) is 29.7 Å². The van der Waals surface area contributed by atoms with Crippen LogP contribution in [0.25, 0.3) is 11.1 Å². The molecule has 0 radical (unpaired) electrons. The quantitative estimate of drug-likeness (QED) is 0.730. The van der Waals surface area contributed by atoms with Gasteiger partial charge in [-0.1, -0.05) is 36.8 Å². The molecular formula is C23H25F3N2O3S. The Morgan fingerprint density at radius 1 is 1.09 bits per heavy atom. The predicted octanol–water partition coefficient (Wildman–Crippen LogP) is 3.75. The van der Waals surface area contributed by atoms with E-state index in [0.717, 1.165) is 24.8 Å². The molecule has 1 aliphatic carbocycles. The van der Waals surface area contributed by atoms with Crippen molar-refractivity contribution in [3.63, 3.8) is 0 Å². The predicted molar refractivity (Wildman–Crippen MR) is 115 cm³/mol. The van der Waals surface area contributed by atoms with E-state index >= 15 is 4.39 Å². The molecule has 2 aromatic carbocycles. The number of amides is 1. The lowest BCUT2D eigenvalue weighted by molar-refractivity contribution is -0.133. The number of carbonyl (C=O) groups excluding carboxylic acids is 1. The van der Waals surface area contributed by atoms with Gasteiger partial charge >= 0.3 is 0 Å². The fourth-order valence-corrected chi connectivity index (χ4v) is 5.40. The van der Waals surface area contributed by atoms with Crippen molar-refractivity contribution in [1.29, 1.82) is 0 Å². The molecule has 9 heteroatoms. The molecule has 172 valence electrons. The number of halogens is 3. The van der Waals surface area contributed by atoms with Gasteiger partial charge in [0.05, 0.1) is 17.7 Å². The van der Waals surface area contributed by atoms with Gasteiger partial charge in [-0.2, -0.15) is 0 Å². The summed E-state index contributed by atoms with van der Waals surface area (Å²) >= 11 is 0. The van der Waals surface area contributed by atoms with Crippen LogP contribution in [0.5, 0.6) is 0 Å². The fraction of sp³-hybridized carbons (Fsp3) is 0.435. The maximum Gasteiger partial charge on any atom is 0.229 e. The second-order valence-corrected chi connectivity index (χ2v) is 10.4. The molecule has 1 saturated carbocycles. The molecule has 1 aliphatic heterocycles. The van der Waals surface area contributed by atoms with Crippen LogP contribution in [-0.2, 0) is 20.5 Å². The summed E-state index contributed by atoms with van der Waals surface area (Å²) in [6, 6.07) is 9.11. The van der Waals surface area contributed by atoms with Gasteiger partial charge in [-0.25, -0.2) is 26.3 Å². The van der Waals surface area contributed by atoms with Gasteiger partial charge in [-0.15, -0.1) is 0 Å². The van der Waals surface area contributed by atoms with Crippen molar-refractivity contribution in [1.82, 2.24) is 9.62 Å². The first-order valence-electron chi connectivity index (χ1n) is 10.6. The number of likely N-dealkylation sites (tertiary alicyclic amines) is 1. The molecule has 2 fully saturated rings. The number of hydrogen-bond acceptors (Lipinski definition) is 3. The number of nitrogens with one attached hydrogen (secondary N) is 1. The zero-order chi connectivity index (χ0) is 23.1. The molecule has 2 aliphatic rings. The van der Waals surface area contributed by atoms with Gasteiger partial charge in [0.1, 0.15) is 17.3 Å². The summed E-state index contributed by atoms with van der Waals surface area (Å²) in [5.41, 5.74) is -2.17. The normalized spacial score (nSPS) is 25.9. The van der Waals surface area contributed by atoms with Crippen LogP contribution in [0.2, 0.25) is 0 Å². The van der Waals surface area contributed by atoms with Crippen LogP contribution in [0.15, 0.2) is 42.5 Å². The zero-order valence-electron chi connectivity index (χ0n) is 17.7. The SMILES string of the molecule is CS(=O)(=O)N[C@H]1CCCCN(C(=O)[C@@H]2C[C@@]2(F)c2ccccc2-c2c(F)cccc2F)C1. The van der Waals surface area contributed by atoms with E-state index in [1.807, 2.05) is 0 Å². The van der Waals surface area contributed by atoms with Crippen molar-refractivity contribution >= 4 is 15.9 Å². The van der Waals surface area contributed by atoms with Crippen molar-refractivity contribution < 1.29 is 26.4 Å². The van der Waals surface area contributed by atoms with Crippen LogP contribution in [0.1, 0.15) is 31.2 Å². The summed E-state index contributed by atoms with van der Waals surface area (Å²) in [6.07, 6.45) is 3.02. The Morgan fingerprint density at radius 3 is 2.47 bits per heavy atom. The number of nitrogens with zero attached hydrogens (tertiary/aromatic N) is 1. The third-order valence-electron chi connectivity index (χ3n) is 6.16. The van der Waals surface area contributed by atoms with Gasteiger partial charge in [0.25, 0.3) is 0 Å². The molecule has 0 aromatic heterocycles. The Kier molecular flexibility index (Phi) is 6.06. The van der Waals surface area contributed by atoms with Gasteiger partial charge < -0.3 is 4.90 Å². The minimum atomic E-state index is -3.44. The third-order valence-corrected chi connectivity index (χ3v) is 6.92. The van der Waals surface area contributed by atoms with Crippen LogP contribution in [0.4, 0.5) is 13.2 Å². The third kappa shape index (κ3) is 4.54. The van der Waals surface area contributed by atoms with Crippen molar-refractivity contribution in [2.45, 2.75) is 37.4 Å². The molecule has 1 saturated heterocycles. The largest absolute Gasteiger partial charge is 0.341 e. The highest BCUT2D eigenvalue weighted by Gasteiger charge is 2.62. The Hall–Kier alpha value is -2.39. The summed E-state index contributed by atoms with van der Waals surface area (Å²) < 4.78 is 70.5. The molecule has 0 unspecified atom stereocenters. The number of hydrogen-bond donors (Lipinski definition) is 1. The van der Waals surface area contributed by atoms with Crippen LogP contribution in [-0.4, -0.2) is 44.6 Å². The molecular weight excluding hydrogens is 441 g/mol. The first kappa shape index (κ1) is 22.8. The van der Waals surface area contributed by atoms with Gasteiger partial charge in [-0.05, 0) is 36.1 Å². The molecule has 32 heavy (non-hydrogen) atoms. The minimum absolute atomic E-state index is 0.0837. The van der Waals surface area contributed by atoms with Crippen molar-refractivity contribution in [3.05, 3.63) is 59.7 Å². The van der Waals surface area contributed by atoms with Gasteiger partial charge in [0, 0.05) is 25.6 Å². The van der Waals surface area contributed by atoms with Crippen LogP contribution < -0.4 is 4.72 Å². The lowest BCUT2D eigenvalue weighted by Crippen LogP contribution is -2.45. The summed E-state index contributed by atoms with van der Waals surface area (Å²) in [7, 11) is -3.44. The monoisotopic (exact) mass is 466 g/mol. The van der Waals surface area contributed by atoms with E-state index in [1.54, 1.807) is 12.1 Å². The van der Waals surface area contributed by atoms with Crippen LogP contribution in [0, 0.1) is 17.6 Å². The minimum Gasteiger partial charge on any atom is -0.341 e. The van der Waals surface area contributed by atoms with E-state index in [9.17, 15) is 22.0 Å². The van der Waals surface area contributed by atoms with Crippen molar-refractivity contribution in [2.24, 2.45) is 5.92 Å². The fourth-order valence-electron chi connectivity index (χ4n) is 4.60. The summed E-state index contributed by atoms with van der Waals surface area (Å²) in [4.78, 5) is 14.7. The molecule has 3 atom stereocenters. The molecule has 2 aromatic rings.